The molecule has 3 nitrogen and oxygen atoms in total. The molecule has 0 unspecified atom stereocenters. The van der Waals surface area contributed by atoms with Gasteiger partial charge in [0.15, 0.2) is 0 Å². The molecular weight excluding hydrogens is 346 g/mol. The molecule has 0 spiro atoms. The lowest BCUT2D eigenvalue weighted by Gasteiger charge is -2.16. The van der Waals surface area contributed by atoms with Crippen LogP contribution in [0, 0.1) is 0 Å². The molecule has 0 amide bonds. The molecule has 0 bridgehead atoms. The molecule has 0 saturated carbocycles. The zero-order valence-electron chi connectivity index (χ0n) is 11.3. The second kappa shape index (κ2) is 6.39. The monoisotopic (exact) mass is 361 g/mol. The first-order valence-corrected chi connectivity index (χ1v) is 8.13. The van der Waals surface area contributed by atoms with Crippen LogP contribution in [0.3, 0.4) is 0 Å². The van der Waals surface area contributed by atoms with Crippen molar-refractivity contribution < 1.29 is 0 Å². The summed E-state index contributed by atoms with van der Waals surface area (Å²) < 4.78 is 3.94. The highest BCUT2D eigenvalue weighted by atomic mass is 79.9. The van der Waals surface area contributed by atoms with Gasteiger partial charge in [-0.15, -0.1) is 11.3 Å². The molecule has 2 rings (SSSR count). The molecule has 0 N–H and O–H groups in total. The van der Waals surface area contributed by atoms with Gasteiger partial charge in [-0.1, -0.05) is 18.5 Å². The van der Waals surface area contributed by atoms with E-state index < -0.39 is 0 Å². The van der Waals surface area contributed by atoms with Gasteiger partial charge in [-0.3, -0.25) is 9.58 Å². The fourth-order valence-corrected chi connectivity index (χ4v) is 3.92. The Bertz CT molecular complexity index is 564. The molecular formula is C13H17BrClN3S. The minimum atomic E-state index is 0.846. The second-order valence-corrected chi connectivity index (χ2v) is 7.16. The third-order valence-electron chi connectivity index (χ3n) is 2.98. The quantitative estimate of drug-likeness (QED) is 0.798. The Morgan fingerprint density at radius 3 is 2.68 bits per heavy atom. The van der Waals surface area contributed by atoms with Gasteiger partial charge in [0, 0.05) is 25.0 Å². The summed E-state index contributed by atoms with van der Waals surface area (Å²) in [4.78, 5) is 3.55. The van der Waals surface area contributed by atoms with Crippen molar-refractivity contribution in [2.75, 3.05) is 7.05 Å². The largest absolute Gasteiger partial charge is 0.295 e. The molecule has 0 aromatic carbocycles. The highest BCUT2D eigenvalue weighted by molar-refractivity contribution is 9.10. The maximum absolute atomic E-state index is 5.96. The smallest absolute Gasteiger partial charge is 0.0931 e. The van der Waals surface area contributed by atoms with Gasteiger partial charge in [0.2, 0.25) is 0 Å². The average molecular weight is 363 g/mol. The molecule has 0 aliphatic carbocycles. The van der Waals surface area contributed by atoms with E-state index in [9.17, 15) is 0 Å². The van der Waals surface area contributed by atoms with E-state index in [-0.39, 0.29) is 0 Å². The Morgan fingerprint density at radius 2 is 2.16 bits per heavy atom. The van der Waals surface area contributed by atoms with Gasteiger partial charge in [0.1, 0.15) is 0 Å². The molecule has 0 radical (unpaired) electrons. The Kier molecular flexibility index (Phi) is 5.06. The van der Waals surface area contributed by atoms with E-state index in [1.807, 2.05) is 17.8 Å². The van der Waals surface area contributed by atoms with Gasteiger partial charge in [0.05, 0.1) is 20.2 Å². The summed E-state index contributed by atoms with van der Waals surface area (Å²) in [6.07, 6.45) is 0.943. The summed E-state index contributed by atoms with van der Waals surface area (Å²) in [5.74, 6) is 0. The van der Waals surface area contributed by atoms with Gasteiger partial charge in [0.25, 0.3) is 0 Å². The number of aromatic nitrogens is 2. The molecule has 0 aliphatic heterocycles. The fourth-order valence-electron chi connectivity index (χ4n) is 2.01. The predicted octanol–water partition coefficient (Wildman–Crippen LogP) is 4.09. The summed E-state index contributed by atoms with van der Waals surface area (Å²) in [6, 6.07) is 4.03. The minimum absolute atomic E-state index is 0.846. The number of thiophene rings is 1. The van der Waals surface area contributed by atoms with Crippen molar-refractivity contribution in [1.29, 1.82) is 0 Å². The van der Waals surface area contributed by atoms with Crippen molar-refractivity contribution in [3.63, 3.8) is 0 Å². The molecule has 2 heterocycles. The van der Waals surface area contributed by atoms with E-state index in [0.717, 1.165) is 34.0 Å². The van der Waals surface area contributed by atoms with Crippen LogP contribution >= 0.6 is 38.9 Å². The van der Waals surface area contributed by atoms with E-state index in [1.54, 1.807) is 11.3 Å². The zero-order chi connectivity index (χ0) is 14.0. The molecule has 2 aromatic heterocycles. The van der Waals surface area contributed by atoms with E-state index in [2.05, 4.69) is 46.0 Å². The van der Waals surface area contributed by atoms with Crippen molar-refractivity contribution in [2.45, 2.75) is 26.4 Å². The van der Waals surface area contributed by atoms with E-state index in [4.69, 9.17) is 11.6 Å². The first-order valence-electron chi connectivity index (χ1n) is 6.14. The van der Waals surface area contributed by atoms with Crippen molar-refractivity contribution in [1.82, 2.24) is 14.7 Å². The highest BCUT2D eigenvalue weighted by Crippen LogP contribution is 2.25. The topological polar surface area (TPSA) is 21.1 Å². The molecule has 104 valence electrons. The van der Waals surface area contributed by atoms with E-state index in [0.29, 0.717) is 0 Å². The van der Waals surface area contributed by atoms with Gasteiger partial charge < -0.3 is 0 Å². The zero-order valence-corrected chi connectivity index (χ0v) is 14.4. The van der Waals surface area contributed by atoms with Gasteiger partial charge in [-0.2, -0.15) is 5.10 Å². The van der Waals surface area contributed by atoms with Crippen LogP contribution in [-0.2, 0) is 26.6 Å². The summed E-state index contributed by atoms with van der Waals surface area (Å²) in [7, 11) is 4.10. The maximum Gasteiger partial charge on any atom is 0.0931 e. The molecule has 2 aromatic rings. The van der Waals surface area contributed by atoms with Crippen LogP contribution in [0.5, 0.6) is 0 Å². The number of aryl methyl sites for hydroxylation is 2. The van der Waals surface area contributed by atoms with Crippen LogP contribution < -0.4 is 0 Å². The number of nitrogens with zero attached hydrogens (tertiary/aromatic N) is 3. The van der Waals surface area contributed by atoms with Gasteiger partial charge >= 0.3 is 0 Å². The first kappa shape index (κ1) is 15.0. The molecule has 19 heavy (non-hydrogen) atoms. The third-order valence-corrected chi connectivity index (χ3v) is 5.11. The first-order chi connectivity index (χ1) is 9.01. The summed E-state index contributed by atoms with van der Waals surface area (Å²) in [5, 5.41) is 4.52. The van der Waals surface area contributed by atoms with Crippen LogP contribution in [0.15, 0.2) is 16.6 Å². The van der Waals surface area contributed by atoms with Crippen LogP contribution in [0.4, 0.5) is 0 Å². The summed E-state index contributed by atoms with van der Waals surface area (Å²) in [5.41, 5.74) is 2.33. The number of hydrogen-bond acceptors (Lipinski definition) is 3. The summed E-state index contributed by atoms with van der Waals surface area (Å²) >= 11 is 11.2. The third kappa shape index (κ3) is 3.60. The normalized spacial score (nSPS) is 11.5. The molecule has 0 saturated heterocycles. The van der Waals surface area contributed by atoms with Crippen molar-refractivity contribution in [3.05, 3.63) is 37.2 Å². The Balaban J connectivity index is 2.06. The lowest BCUT2D eigenvalue weighted by atomic mass is 10.3. The van der Waals surface area contributed by atoms with Gasteiger partial charge in [-0.25, -0.2) is 0 Å². The second-order valence-electron chi connectivity index (χ2n) is 4.56. The summed E-state index contributed by atoms with van der Waals surface area (Å²) in [6.45, 7) is 3.88. The minimum Gasteiger partial charge on any atom is -0.295 e. The lowest BCUT2D eigenvalue weighted by molar-refractivity contribution is 0.311. The number of hydrogen-bond donors (Lipinski definition) is 0. The standard InChI is InChI=1S/C13H17BrClN3S/c1-4-10-13(14)11(18(3)16-10)8-17(2)7-9-5-6-12(15)19-9/h5-6H,4,7-8H2,1-3H3. The highest BCUT2D eigenvalue weighted by Gasteiger charge is 2.14. The molecule has 6 heteroatoms. The van der Waals surface area contributed by atoms with Gasteiger partial charge in [-0.05, 0) is 41.5 Å². The van der Waals surface area contributed by atoms with Crippen LogP contribution in [0.25, 0.3) is 0 Å². The van der Waals surface area contributed by atoms with Crippen LogP contribution in [0.2, 0.25) is 4.34 Å². The molecule has 0 atom stereocenters. The van der Waals surface area contributed by atoms with Crippen molar-refractivity contribution >= 4 is 38.9 Å². The molecule has 0 aliphatic rings. The van der Waals surface area contributed by atoms with Crippen LogP contribution in [-0.4, -0.2) is 21.7 Å². The average Bonchev–Trinajstić information content (AvgIpc) is 2.87. The van der Waals surface area contributed by atoms with E-state index in [1.165, 1.54) is 10.6 Å². The van der Waals surface area contributed by atoms with Crippen LogP contribution in [0.1, 0.15) is 23.2 Å². The lowest BCUT2D eigenvalue weighted by Crippen LogP contribution is -2.18. The fraction of sp³-hybridized carbons (Fsp3) is 0.462. The number of rotatable bonds is 5. The Labute approximate surface area is 131 Å². The maximum atomic E-state index is 5.96. The molecule has 0 fully saturated rings. The SMILES string of the molecule is CCc1nn(C)c(CN(C)Cc2ccc(Cl)s2)c1Br. The van der Waals surface area contributed by atoms with Crippen molar-refractivity contribution in [3.8, 4) is 0 Å². The predicted molar refractivity (Wildman–Crippen MR) is 84.8 cm³/mol. The van der Waals surface area contributed by atoms with E-state index >= 15 is 0 Å². The van der Waals surface area contributed by atoms with Crippen molar-refractivity contribution in [2.24, 2.45) is 7.05 Å². The Hall–Kier alpha value is -0.360. The number of halogens is 2. The Morgan fingerprint density at radius 1 is 1.42 bits per heavy atom.